The summed E-state index contributed by atoms with van der Waals surface area (Å²) in [4.78, 5) is 12.3. The van der Waals surface area contributed by atoms with Gasteiger partial charge in [-0.1, -0.05) is 0 Å². The molecule has 0 saturated heterocycles. The third-order valence-electron chi connectivity index (χ3n) is 7.54. The molecule has 52 heavy (non-hydrogen) atoms. The van der Waals surface area contributed by atoms with Crippen molar-refractivity contribution in [2.24, 2.45) is 0 Å². The fourth-order valence-corrected chi connectivity index (χ4v) is 10.6. The summed E-state index contributed by atoms with van der Waals surface area (Å²) in [5.41, 5.74) is -0.551. The number of ketones is 1. The zero-order valence-electron chi connectivity index (χ0n) is 28.5. The zero-order valence-corrected chi connectivity index (χ0v) is 32.8. The normalized spacial score (nSPS) is 17.2. The van der Waals surface area contributed by atoms with Gasteiger partial charge in [0.1, 0.15) is 37.8 Å². The maximum Gasteiger partial charge on any atom is 1.00 e. The molecule has 4 aromatic rings. The molecule has 0 fully saturated rings. The summed E-state index contributed by atoms with van der Waals surface area (Å²) in [5, 5.41) is 16.9. The largest absolute Gasteiger partial charge is 1.00 e. The van der Waals surface area contributed by atoms with E-state index in [9.17, 15) is 61.9 Å². The van der Waals surface area contributed by atoms with Gasteiger partial charge in [-0.25, -0.2) is 43.2 Å². The van der Waals surface area contributed by atoms with Crippen LogP contribution in [0.3, 0.4) is 0 Å². The van der Waals surface area contributed by atoms with Crippen LogP contribution in [0.1, 0.15) is 47.4 Å². The van der Waals surface area contributed by atoms with Crippen LogP contribution in [0.2, 0.25) is 0 Å². The van der Waals surface area contributed by atoms with Crippen LogP contribution in [0.4, 0.5) is 35.1 Å². The number of hydrogen-bond donors (Lipinski definition) is 2. The molecule has 0 amide bonds. The fourth-order valence-electron chi connectivity index (χ4n) is 5.48. The predicted molar refractivity (Wildman–Crippen MR) is 176 cm³/mol. The van der Waals surface area contributed by atoms with Gasteiger partial charge in [0.25, 0.3) is 5.92 Å². The Kier molecular flexibility index (Phi) is 14.8. The minimum atomic E-state index is -3.96. The molecule has 2 aromatic heterocycles. The SMILES string of the molecule is CO.CS(=O)(=O)c1sc(-c2cc(F)cc(F)c2)c2c1C(=O)C(F)(F)CC2.CS(=O)(=O)c1sc(-c2cc(F)cc(F)c2)c2c1C(O)C(F)(F)CC2.[B].[H-].[Na+]. The quantitative estimate of drug-likeness (QED) is 0.236. The monoisotopic (exact) mass is 825 g/mol. The van der Waals surface area contributed by atoms with E-state index < -0.39 is 93.5 Å². The smallest absolute Gasteiger partial charge is 1.00 e. The Morgan fingerprint density at radius 3 is 1.52 bits per heavy atom. The van der Waals surface area contributed by atoms with Gasteiger partial charge in [-0.15, -0.1) is 22.7 Å². The van der Waals surface area contributed by atoms with Crippen molar-refractivity contribution < 1.29 is 98.0 Å². The predicted octanol–water partition coefficient (Wildman–Crippen LogP) is 3.92. The third-order valence-corrected chi connectivity index (χ3v) is 13.8. The summed E-state index contributed by atoms with van der Waals surface area (Å²) in [5.74, 6) is -12.2. The van der Waals surface area contributed by atoms with Gasteiger partial charge in [0, 0.05) is 68.3 Å². The van der Waals surface area contributed by atoms with Gasteiger partial charge in [0.2, 0.25) is 5.78 Å². The molecule has 277 valence electrons. The number of sulfone groups is 2. The number of rotatable bonds is 4. The molecule has 2 aromatic carbocycles. The Labute approximate surface area is 326 Å². The van der Waals surface area contributed by atoms with Crippen LogP contribution in [-0.4, -0.2) is 72.7 Å². The van der Waals surface area contributed by atoms with Crippen molar-refractivity contribution in [3.63, 3.8) is 0 Å². The van der Waals surface area contributed by atoms with Crippen LogP contribution in [-0.2, 0) is 32.5 Å². The number of halogens is 8. The summed E-state index contributed by atoms with van der Waals surface area (Å²) in [6, 6.07) is 5.24. The maximum absolute atomic E-state index is 13.8. The molecule has 21 heteroatoms. The van der Waals surface area contributed by atoms with E-state index in [2.05, 4.69) is 0 Å². The molecule has 2 aliphatic carbocycles. The first kappa shape index (κ1) is 46.0. The van der Waals surface area contributed by atoms with E-state index >= 15 is 0 Å². The first-order valence-corrected chi connectivity index (χ1v) is 19.5. The molecule has 1 atom stereocenters. The molecular weight excluding hydrogens is 798 g/mol. The standard InChI is InChI=1S/C15H12F4O3S2.C15H10F4O3S2.CH4O.B.Na.H/c2*1-24(21,22)14-11-10(2-3-15(18,19)13(11)20)12(23-14)7-4-8(16)6-9(17)5-7;1-2;;;/h4-6,13,20H,2-3H2,1H3;4-6H,2-3H2,1H3;2H,1H3;;;/q;;;;+1;-1. The summed E-state index contributed by atoms with van der Waals surface area (Å²) in [7, 11) is -6.86. The fraction of sp³-hybridized carbons (Fsp3) is 0.323. The zero-order chi connectivity index (χ0) is 37.7. The van der Waals surface area contributed by atoms with Gasteiger partial charge < -0.3 is 11.6 Å². The Hall–Kier alpha value is -2.17. The van der Waals surface area contributed by atoms with Crippen molar-refractivity contribution in [1.82, 2.24) is 0 Å². The number of aliphatic hydroxyl groups is 2. The Morgan fingerprint density at radius 2 is 1.10 bits per heavy atom. The van der Waals surface area contributed by atoms with E-state index in [1.165, 1.54) is 0 Å². The Bertz CT molecular complexity index is 2170. The molecule has 6 rings (SSSR count). The summed E-state index contributed by atoms with van der Waals surface area (Å²) in [6.07, 6.45) is -2.53. The van der Waals surface area contributed by atoms with Crippen molar-refractivity contribution in [1.29, 1.82) is 0 Å². The molecule has 0 saturated carbocycles. The van der Waals surface area contributed by atoms with Gasteiger partial charge in [-0.2, -0.15) is 8.78 Å². The minimum Gasteiger partial charge on any atom is -1.00 e. The van der Waals surface area contributed by atoms with Crippen LogP contribution < -0.4 is 29.6 Å². The number of Topliss-reactive ketones (excluding diaryl/α,β-unsaturated/α-hetero) is 1. The average Bonchev–Trinajstić information content (AvgIpc) is 3.58. The first-order valence-electron chi connectivity index (χ1n) is 14.1. The number of fused-ring (bicyclic) bond motifs is 2. The molecule has 0 aliphatic heterocycles. The second kappa shape index (κ2) is 16.7. The number of benzene rings is 2. The number of carbonyl (C=O) groups excluding carboxylic acids is 1. The van der Waals surface area contributed by atoms with Crippen LogP contribution >= 0.6 is 22.7 Å². The van der Waals surface area contributed by atoms with E-state index in [4.69, 9.17) is 5.11 Å². The van der Waals surface area contributed by atoms with E-state index in [1.807, 2.05) is 0 Å². The average molecular weight is 826 g/mol. The van der Waals surface area contributed by atoms with Gasteiger partial charge in [-0.3, -0.25) is 4.79 Å². The molecule has 0 spiro atoms. The third kappa shape index (κ3) is 9.37. The first-order chi connectivity index (χ1) is 23.0. The van der Waals surface area contributed by atoms with Crippen molar-refractivity contribution in [3.8, 4) is 20.9 Å². The van der Waals surface area contributed by atoms with E-state index in [1.54, 1.807) is 0 Å². The molecule has 1 unspecified atom stereocenters. The van der Waals surface area contributed by atoms with Gasteiger partial charge >= 0.3 is 35.5 Å². The van der Waals surface area contributed by atoms with Crippen LogP contribution in [0, 0.1) is 23.3 Å². The van der Waals surface area contributed by atoms with Crippen molar-refractivity contribution in [2.45, 2.75) is 52.1 Å². The molecule has 0 bridgehead atoms. The van der Waals surface area contributed by atoms with E-state index in [0.29, 0.717) is 34.8 Å². The molecule has 2 N–H and O–H groups in total. The molecule has 2 heterocycles. The number of alkyl halides is 4. The maximum atomic E-state index is 13.8. The summed E-state index contributed by atoms with van der Waals surface area (Å²) in [6.45, 7) is 0. The number of aliphatic hydroxyl groups excluding tert-OH is 2. The second-order valence-corrected chi connectivity index (χ2v) is 17.7. The molecular formula is C31H27BF8NaO7S4. The summed E-state index contributed by atoms with van der Waals surface area (Å²) < 4.78 is 156. The van der Waals surface area contributed by atoms with E-state index in [-0.39, 0.29) is 89.8 Å². The van der Waals surface area contributed by atoms with E-state index in [0.717, 1.165) is 43.9 Å². The second-order valence-electron chi connectivity index (χ2n) is 11.2. The Morgan fingerprint density at radius 1 is 0.712 bits per heavy atom. The van der Waals surface area contributed by atoms with Gasteiger partial charge in [0.15, 0.2) is 19.7 Å². The molecule has 7 nitrogen and oxygen atoms in total. The van der Waals surface area contributed by atoms with Crippen molar-refractivity contribution in [3.05, 3.63) is 81.9 Å². The van der Waals surface area contributed by atoms with Gasteiger partial charge in [0.05, 0.1) is 5.56 Å². The van der Waals surface area contributed by atoms with Crippen LogP contribution in [0.5, 0.6) is 0 Å². The number of hydrogen-bond acceptors (Lipinski definition) is 9. The number of thiophene rings is 2. The Balaban J connectivity index is 0.000000480. The topological polar surface area (TPSA) is 126 Å². The van der Waals surface area contributed by atoms with Crippen LogP contribution in [0.15, 0.2) is 44.8 Å². The summed E-state index contributed by atoms with van der Waals surface area (Å²) >= 11 is 1.22. The van der Waals surface area contributed by atoms with Crippen molar-refractivity contribution in [2.75, 3.05) is 19.6 Å². The van der Waals surface area contributed by atoms with Gasteiger partial charge in [-0.05, 0) is 59.4 Å². The molecule has 2 aliphatic rings. The molecule has 3 radical (unpaired) electrons. The number of carbonyl (C=O) groups is 1. The minimum absolute atomic E-state index is 0. The van der Waals surface area contributed by atoms with Crippen LogP contribution in [0.25, 0.3) is 20.9 Å². The van der Waals surface area contributed by atoms with Crippen molar-refractivity contribution >= 4 is 56.5 Å².